The van der Waals surface area contributed by atoms with Crippen LogP contribution in [0, 0.1) is 23.2 Å². The van der Waals surface area contributed by atoms with Crippen LogP contribution in [0.2, 0.25) is 0 Å². The lowest BCUT2D eigenvalue weighted by Crippen LogP contribution is -2.25. The van der Waals surface area contributed by atoms with Crippen molar-refractivity contribution in [3.63, 3.8) is 0 Å². The van der Waals surface area contributed by atoms with Gasteiger partial charge in [-0.05, 0) is 13.8 Å². The highest BCUT2D eigenvalue weighted by molar-refractivity contribution is 5.75. The van der Waals surface area contributed by atoms with Crippen molar-refractivity contribution in [1.82, 2.24) is 0 Å². The first-order chi connectivity index (χ1) is 7.56. The van der Waals surface area contributed by atoms with E-state index >= 15 is 0 Å². The number of nitrogens with zero attached hydrogens (tertiary/aromatic N) is 1. The van der Waals surface area contributed by atoms with Crippen molar-refractivity contribution >= 4 is 11.9 Å². The number of rotatable bonds is 6. The molecule has 0 heterocycles. The molecule has 0 saturated heterocycles. The van der Waals surface area contributed by atoms with Crippen LogP contribution < -0.4 is 0 Å². The first-order valence-corrected chi connectivity index (χ1v) is 5.28. The summed E-state index contributed by atoms with van der Waals surface area (Å²) in [6.45, 7) is 5.49. The second-order valence-corrected chi connectivity index (χ2v) is 3.29. The van der Waals surface area contributed by atoms with Gasteiger partial charge in [-0.15, -0.1) is 0 Å². The van der Waals surface area contributed by atoms with Gasteiger partial charge in [0.25, 0.3) is 0 Å². The quantitative estimate of drug-likeness (QED) is 0.639. The van der Waals surface area contributed by atoms with Crippen LogP contribution in [-0.4, -0.2) is 25.2 Å². The maximum atomic E-state index is 11.4. The zero-order valence-corrected chi connectivity index (χ0v) is 9.86. The smallest absolute Gasteiger partial charge is 0.309 e. The van der Waals surface area contributed by atoms with Gasteiger partial charge in [0.2, 0.25) is 0 Å². The molecule has 0 aromatic heterocycles. The molecule has 5 heteroatoms. The first-order valence-electron chi connectivity index (χ1n) is 5.28. The van der Waals surface area contributed by atoms with Crippen LogP contribution in [0.1, 0.15) is 27.2 Å². The third kappa shape index (κ3) is 4.78. The monoisotopic (exact) mass is 227 g/mol. The number of carbonyl (C=O) groups excluding carboxylic acids is 2. The number of hydrogen-bond donors (Lipinski definition) is 0. The molecule has 0 aliphatic carbocycles. The molecule has 0 aliphatic heterocycles. The van der Waals surface area contributed by atoms with Crippen molar-refractivity contribution < 1.29 is 19.1 Å². The Hall–Kier alpha value is -1.57. The highest BCUT2D eigenvalue weighted by Gasteiger charge is 2.27. The zero-order valence-electron chi connectivity index (χ0n) is 9.86. The summed E-state index contributed by atoms with van der Waals surface area (Å²) >= 11 is 0. The van der Waals surface area contributed by atoms with Crippen LogP contribution in [0.25, 0.3) is 0 Å². The predicted molar refractivity (Wildman–Crippen MR) is 56.2 cm³/mol. The Balaban J connectivity index is 4.33. The van der Waals surface area contributed by atoms with Crippen LogP contribution in [0.3, 0.4) is 0 Å². The lowest BCUT2D eigenvalue weighted by Gasteiger charge is -2.15. The summed E-state index contributed by atoms with van der Waals surface area (Å²) in [5.74, 6) is -2.24. The highest BCUT2D eigenvalue weighted by atomic mass is 16.5. The van der Waals surface area contributed by atoms with Crippen LogP contribution in [0.15, 0.2) is 0 Å². The van der Waals surface area contributed by atoms with Crippen molar-refractivity contribution in [2.75, 3.05) is 13.2 Å². The van der Waals surface area contributed by atoms with E-state index in [2.05, 4.69) is 0 Å². The van der Waals surface area contributed by atoms with Gasteiger partial charge in [-0.2, -0.15) is 5.26 Å². The number of carbonyl (C=O) groups is 2. The van der Waals surface area contributed by atoms with E-state index in [1.807, 2.05) is 6.07 Å². The Labute approximate surface area is 95.3 Å². The molecule has 0 aromatic carbocycles. The van der Waals surface area contributed by atoms with Gasteiger partial charge in [0.1, 0.15) is 0 Å². The summed E-state index contributed by atoms with van der Waals surface area (Å²) < 4.78 is 9.51. The van der Waals surface area contributed by atoms with Crippen LogP contribution in [0.5, 0.6) is 0 Å². The van der Waals surface area contributed by atoms with Crippen LogP contribution in [0.4, 0.5) is 0 Å². The largest absolute Gasteiger partial charge is 0.466 e. The third-order valence-corrected chi connectivity index (χ3v) is 2.12. The molecule has 0 bridgehead atoms. The van der Waals surface area contributed by atoms with E-state index in [-0.39, 0.29) is 19.6 Å². The minimum absolute atomic E-state index is 0.0790. The topological polar surface area (TPSA) is 76.4 Å². The summed E-state index contributed by atoms with van der Waals surface area (Å²) in [5.41, 5.74) is 0. The molecule has 0 unspecified atom stereocenters. The second-order valence-electron chi connectivity index (χ2n) is 3.29. The van der Waals surface area contributed by atoms with Crippen LogP contribution in [-0.2, 0) is 19.1 Å². The number of esters is 2. The Morgan fingerprint density at radius 1 is 1.25 bits per heavy atom. The van der Waals surface area contributed by atoms with Gasteiger partial charge >= 0.3 is 11.9 Å². The van der Waals surface area contributed by atoms with Crippen molar-refractivity contribution in [2.45, 2.75) is 27.2 Å². The zero-order chi connectivity index (χ0) is 12.6. The molecule has 0 aromatic rings. The average molecular weight is 227 g/mol. The lowest BCUT2D eigenvalue weighted by atomic mass is 9.92. The van der Waals surface area contributed by atoms with Crippen LogP contribution >= 0.6 is 0 Å². The van der Waals surface area contributed by atoms with E-state index in [9.17, 15) is 9.59 Å². The molecule has 16 heavy (non-hydrogen) atoms. The molecule has 0 radical (unpaired) electrons. The van der Waals surface area contributed by atoms with Crippen molar-refractivity contribution in [2.24, 2.45) is 11.8 Å². The summed E-state index contributed by atoms with van der Waals surface area (Å²) in [6.07, 6.45) is -0.0790. The Kier molecular flexibility index (Phi) is 6.93. The molecular formula is C11H17NO4. The molecule has 90 valence electrons. The van der Waals surface area contributed by atoms with Gasteiger partial charge in [-0.25, -0.2) is 0 Å². The standard InChI is InChI=1S/C11H17NO4/c1-4-15-10(13)6-9(7-12)8(3)11(14)16-5-2/h8-9H,4-6H2,1-3H3/t8-,9+/m0/s1. The van der Waals surface area contributed by atoms with E-state index in [1.165, 1.54) is 0 Å². The predicted octanol–water partition coefficient (Wildman–Crippen LogP) is 1.28. The van der Waals surface area contributed by atoms with Crippen molar-refractivity contribution in [3.8, 4) is 6.07 Å². The number of nitriles is 1. The highest BCUT2D eigenvalue weighted by Crippen LogP contribution is 2.17. The normalized spacial score (nSPS) is 13.4. The van der Waals surface area contributed by atoms with E-state index in [1.54, 1.807) is 20.8 Å². The molecule has 0 saturated carbocycles. The Morgan fingerprint density at radius 2 is 1.81 bits per heavy atom. The maximum Gasteiger partial charge on any atom is 0.309 e. The van der Waals surface area contributed by atoms with E-state index in [0.29, 0.717) is 0 Å². The van der Waals surface area contributed by atoms with Gasteiger partial charge in [-0.3, -0.25) is 9.59 Å². The van der Waals surface area contributed by atoms with Crippen molar-refractivity contribution in [1.29, 1.82) is 5.26 Å². The first kappa shape index (κ1) is 14.4. The fourth-order valence-corrected chi connectivity index (χ4v) is 1.17. The fourth-order valence-electron chi connectivity index (χ4n) is 1.17. The Bertz CT molecular complexity index is 282. The van der Waals surface area contributed by atoms with E-state index in [4.69, 9.17) is 14.7 Å². The molecule has 5 nitrogen and oxygen atoms in total. The molecule has 0 spiro atoms. The van der Waals surface area contributed by atoms with Gasteiger partial charge < -0.3 is 9.47 Å². The van der Waals surface area contributed by atoms with E-state index < -0.39 is 23.8 Å². The van der Waals surface area contributed by atoms with Gasteiger partial charge in [-0.1, -0.05) is 6.92 Å². The van der Waals surface area contributed by atoms with Gasteiger partial charge in [0, 0.05) is 0 Å². The molecule has 0 N–H and O–H groups in total. The molecule has 0 fully saturated rings. The Morgan fingerprint density at radius 3 is 2.25 bits per heavy atom. The lowest BCUT2D eigenvalue weighted by molar-refractivity contribution is -0.150. The van der Waals surface area contributed by atoms with Gasteiger partial charge in [0.05, 0.1) is 37.5 Å². The summed E-state index contributed by atoms with van der Waals surface area (Å²) in [5, 5.41) is 8.87. The summed E-state index contributed by atoms with van der Waals surface area (Å²) in [6, 6.07) is 1.93. The number of ether oxygens (including phenoxy) is 2. The molecular weight excluding hydrogens is 210 g/mol. The SMILES string of the molecule is CCOC(=O)C[C@H](C#N)[C@H](C)C(=O)OCC. The van der Waals surface area contributed by atoms with Crippen molar-refractivity contribution in [3.05, 3.63) is 0 Å². The second kappa shape index (κ2) is 7.69. The maximum absolute atomic E-state index is 11.4. The minimum Gasteiger partial charge on any atom is -0.466 e. The minimum atomic E-state index is -0.696. The molecule has 0 amide bonds. The fraction of sp³-hybridized carbons (Fsp3) is 0.727. The third-order valence-electron chi connectivity index (χ3n) is 2.12. The summed E-state index contributed by atoms with van der Waals surface area (Å²) in [7, 11) is 0. The van der Waals surface area contributed by atoms with E-state index in [0.717, 1.165) is 0 Å². The average Bonchev–Trinajstić information content (AvgIpc) is 2.25. The molecule has 0 aliphatic rings. The number of hydrogen-bond acceptors (Lipinski definition) is 5. The summed E-state index contributed by atoms with van der Waals surface area (Å²) in [4.78, 5) is 22.5. The van der Waals surface area contributed by atoms with Gasteiger partial charge in [0.15, 0.2) is 0 Å². The molecule has 2 atom stereocenters. The molecule has 0 rings (SSSR count).